The van der Waals surface area contributed by atoms with E-state index in [4.69, 9.17) is 5.11 Å². The molecule has 0 spiro atoms. The number of carboxylic acid groups (broad SMARTS) is 1. The normalized spacial score (nSPS) is 11.2. The average Bonchev–Trinajstić information content (AvgIpc) is 3.41. The van der Waals surface area contributed by atoms with Crippen molar-refractivity contribution in [2.45, 2.75) is 5.16 Å². The number of para-hydroxylation sites is 1. The summed E-state index contributed by atoms with van der Waals surface area (Å²) in [6.07, 6.45) is 0. The number of thioether (sulfide) groups is 1. The first-order valence-corrected chi connectivity index (χ1v) is 10.5. The largest absolute Gasteiger partial charge is 0.481 e. The van der Waals surface area contributed by atoms with Crippen LogP contribution in [0, 0.1) is 10.1 Å². The molecule has 0 saturated carbocycles. The molecule has 0 aliphatic carbocycles. The first-order valence-electron chi connectivity index (χ1n) is 9.55. The van der Waals surface area contributed by atoms with Gasteiger partial charge in [-0.2, -0.15) is 0 Å². The lowest BCUT2D eigenvalue weighted by atomic mass is 10.00. The maximum atomic E-state index is 11.6. The molecule has 5 rings (SSSR count). The molecule has 0 bridgehead atoms. The Bertz CT molecular complexity index is 1510. The fraction of sp³-hybridized carbons (Fsp3) is 0.0455. The Balaban J connectivity index is 1.58. The Hall–Kier alpha value is -4.18. The number of benzene rings is 3. The Morgan fingerprint density at radius 3 is 2.59 bits per heavy atom. The number of nitrogens with one attached hydrogen (secondary N) is 2. The number of aromatic nitrogens is 4. The van der Waals surface area contributed by atoms with Gasteiger partial charge in [0.1, 0.15) is 0 Å². The van der Waals surface area contributed by atoms with Crippen molar-refractivity contribution < 1.29 is 14.8 Å². The number of H-pyrrole nitrogens is 2. The van der Waals surface area contributed by atoms with Crippen LogP contribution in [0.15, 0.2) is 65.8 Å². The van der Waals surface area contributed by atoms with E-state index in [0.29, 0.717) is 17.0 Å². The quantitative estimate of drug-likeness (QED) is 0.193. The van der Waals surface area contributed by atoms with Crippen LogP contribution in [0.5, 0.6) is 0 Å². The molecular weight excluding hydrogens is 430 g/mol. The number of nitro benzene ring substituents is 1. The molecule has 9 nitrogen and oxygen atoms in total. The summed E-state index contributed by atoms with van der Waals surface area (Å²) < 4.78 is 0. The standard InChI is InChI=1S/C22H15N5O4S/c28-20(29)11-32-22-24-21(25-26-22)14-7-13(8-15(9-14)27(30)31)12-5-6-17-16-3-1-2-4-18(16)23-19(17)10-12/h1-10,23H,11H2,(H,28,29)(H,24,25,26). The number of non-ortho nitro benzene ring substituents is 1. The number of hydrogen-bond donors (Lipinski definition) is 3. The molecule has 3 aromatic carbocycles. The van der Waals surface area contributed by atoms with Gasteiger partial charge < -0.3 is 10.1 Å². The van der Waals surface area contributed by atoms with Gasteiger partial charge in [-0.3, -0.25) is 20.0 Å². The van der Waals surface area contributed by atoms with Crippen LogP contribution in [0.3, 0.4) is 0 Å². The number of nitro groups is 1. The van der Waals surface area contributed by atoms with Crippen molar-refractivity contribution in [2.75, 3.05) is 5.75 Å². The van der Waals surface area contributed by atoms with Crippen molar-refractivity contribution in [1.82, 2.24) is 20.2 Å². The Morgan fingerprint density at radius 1 is 1.00 bits per heavy atom. The molecule has 0 amide bonds. The molecule has 3 N–H and O–H groups in total. The number of carbonyl (C=O) groups is 1. The van der Waals surface area contributed by atoms with Crippen molar-refractivity contribution in [1.29, 1.82) is 0 Å². The minimum atomic E-state index is -0.980. The van der Waals surface area contributed by atoms with Crippen molar-refractivity contribution in [3.8, 4) is 22.5 Å². The van der Waals surface area contributed by atoms with Gasteiger partial charge in [0.25, 0.3) is 5.69 Å². The summed E-state index contributed by atoms with van der Waals surface area (Å²) >= 11 is 0.967. The van der Waals surface area contributed by atoms with E-state index in [-0.39, 0.29) is 16.6 Å². The molecular formula is C22H15N5O4S. The zero-order valence-corrected chi connectivity index (χ0v) is 17.2. The lowest BCUT2D eigenvalue weighted by molar-refractivity contribution is -0.384. The van der Waals surface area contributed by atoms with Crippen LogP contribution in [-0.4, -0.2) is 41.9 Å². The van der Waals surface area contributed by atoms with E-state index in [9.17, 15) is 14.9 Å². The SMILES string of the molecule is O=C(O)CSc1n[nH]c(-c2cc(-c3ccc4c(c3)[nH]c3ccccc34)cc([N+](=O)[O-])c2)n1. The molecule has 32 heavy (non-hydrogen) atoms. The van der Waals surface area contributed by atoms with Crippen LogP contribution in [0.1, 0.15) is 0 Å². The summed E-state index contributed by atoms with van der Waals surface area (Å²) in [6.45, 7) is 0. The highest BCUT2D eigenvalue weighted by atomic mass is 32.2. The Labute approximate surface area is 184 Å². The van der Waals surface area contributed by atoms with E-state index in [2.05, 4.69) is 20.2 Å². The summed E-state index contributed by atoms with van der Waals surface area (Å²) in [4.78, 5) is 29.5. The fourth-order valence-electron chi connectivity index (χ4n) is 3.62. The second kappa shape index (κ2) is 7.82. The lowest BCUT2D eigenvalue weighted by Gasteiger charge is -2.05. The topological polar surface area (TPSA) is 138 Å². The molecule has 0 aliphatic heterocycles. The highest BCUT2D eigenvalue weighted by Gasteiger charge is 2.16. The highest BCUT2D eigenvalue weighted by Crippen LogP contribution is 2.34. The molecule has 2 aromatic heterocycles. The molecule has 2 heterocycles. The van der Waals surface area contributed by atoms with Gasteiger partial charge in [0.2, 0.25) is 5.16 Å². The first-order chi connectivity index (χ1) is 15.5. The average molecular weight is 445 g/mol. The lowest BCUT2D eigenvalue weighted by Crippen LogP contribution is -1.97. The molecule has 5 aromatic rings. The van der Waals surface area contributed by atoms with E-state index in [1.165, 1.54) is 12.1 Å². The van der Waals surface area contributed by atoms with Crippen molar-refractivity contribution in [2.24, 2.45) is 0 Å². The number of nitrogens with zero attached hydrogens (tertiary/aromatic N) is 3. The highest BCUT2D eigenvalue weighted by molar-refractivity contribution is 7.99. The van der Waals surface area contributed by atoms with Crippen LogP contribution in [-0.2, 0) is 4.79 Å². The predicted molar refractivity (Wildman–Crippen MR) is 122 cm³/mol. The molecule has 0 atom stereocenters. The van der Waals surface area contributed by atoms with E-state index < -0.39 is 10.9 Å². The third-order valence-corrected chi connectivity index (χ3v) is 5.86. The van der Waals surface area contributed by atoms with Gasteiger partial charge in [0, 0.05) is 39.5 Å². The van der Waals surface area contributed by atoms with Gasteiger partial charge in [0.05, 0.1) is 10.7 Å². The Morgan fingerprint density at radius 2 is 1.78 bits per heavy atom. The fourth-order valence-corrected chi connectivity index (χ4v) is 4.14. The minimum absolute atomic E-state index is 0.0783. The monoisotopic (exact) mass is 445 g/mol. The maximum Gasteiger partial charge on any atom is 0.313 e. The van der Waals surface area contributed by atoms with Gasteiger partial charge in [-0.25, -0.2) is 4.98 Å². The predicted octanol–water partition coefficient (Wildman–Crippen LogP) is 4.86. The first kappa shape index (κ1) is 19.8. The molecule has 0 fully saturated rings. The zero-order valence-electron chi connectivity index (χ0n) is 16.4. The number of hydrogen-bond acceptors (Lipinski definition) is 6. The third-order valence-electron chi connectivity index (χ3n) is 5.03. The van der Waals surface area contributed by atoms with Gasteiger partial charge >= 0.3 is 5.97 Å². The van der Waals surface area contributed by atoms with Crippen LogP contribution >= 0.6 is 11.8 Å². The summed E-state index contributed by atoms with van der Waals surface area (Å²) in [6, 6.07) is 18.6. The number of carboxylic acids is 1. The van der Waals surface area contributed by atoms with Crippen molar-refractivity contribution in [3.05, 3.63) is 70.8 Å². The number of fused-ring (bicyclic) bond motifs is 3. The summed E-state index contributed by atoms with van der Waals surface area (Å²) in [5, 5.41) is 29.6. The maximum absolute atomic E-state index is 11.6. The van der Waals surface area contributed by atoms with E-state index in [1.807, 2.05) is 42.5 Å². The van der Waals surface area contributed by atoms with Gasteiger partial charge in [0.15, 0.2) is 5.82 Å². The second-order valence-corrected chi connectivity index (χ2v) is 8.05. The van der Waals surface area contributed by atoms with Crippen LogP contribution in [0.25, 0.3) is 44.3 Å². The molecule has 0 saturated heterocycles. The van der Waals surface area contributed by atoms with Crippen molar-refractivity contribution in [3.63, 3.8) is 0 Å². The summed E-state index contributed by atoms with van der Waals surface area (Å²) in [7, 11) is 0. The molecule has 158 valence electrons. The van der Waals surface area contributed by atoms with Gasteiger partial charge in [-0.15, -0.1) is 5.10 Å². The Kier molecular flexibility index (Phi) is 4.83. The summed E-state index contributed by atoms with van der Waals surface area (Å²) in [5.74, 6) is -0.831. The molecule has 0 aliphatic rings. The smallest absolute Gasteiger partial charge is 0.313 e. The van der Waals surface area contributed by atoms with Crippen LogP contribution in [0.4, 0.5) is 5.69 Å². The van der Waals surface area contributed by atoms with Crippen molar-refractivity contribution >= 4 is 45.2 Å². The second-order valence-electron chi connectivity index (χ2n) is 7.11. The van der Waals surface area contributed by atoms with Gasteiger partial charge in [-0.05, 0) is 29.3 Å². The number of aromatic amines is 2. The molecule has 10 heteroatoms. The third kappa shape index (κ3) is 3.67. The van der Waals surface area contributed by atoms with Crippen LogP contribution in [0.2, 0.25) is 0 Å². The minimum Gasteiger partial charge on any atom is -0.481 e. The van der Waals surface area contributed by atoms with E-state index >= 15 is 0 Å². The summed E-state index contributed by atoms with van der Waals surface area (Å²) in [5.41, 5.74) is 3.84. The van der Waals surface area contributed by atoms with Gasteiger partial charge in [-0.1, -0.05) is 42.1 Å². The number of aliphatic carboxylic acids is 1. The molecule has 0 unspecified atom stereocenters. The zero-order chi connectivity index (χ0) is 22.2. The van der Waals surface area contributed by atoms with Crippen LogP contribution < -0.4 is 0 Å². The number of rotatable bonds is 6. The van der Waals surface area contributed by atoms with E-state index in [1.54, 1.807) is 6.07 Å². The van der Waals surface area contributed by atoms with E-state index in [0.717, 1.165) is 39.1 Å². The molecule has 0 radical (unpaired) electrons.